The molecule has 3 aliphatic rings. The molecule has 0 bridgehead atoms. The van der Waals surface area contributed by atoms with Crippen molar-refractivity contribution in [3.8, 4) is 0 Å². The number of ether oxygens (including phenoxy) is 2. The molecule has 1 aromatic rings. The second-order valence-electron chi connectivity index (χ2n) is 6.75. The van der Waals surface area contributed by atoms with Crippen LogP contribution in [0, 0.1) is 5.92 Å². The van der Waals surface area contributed by atoms with E-state index in [1.165, 1.54) is 0 Å². The van der Waals surface area contributed by atoms with Crippen molar-refractivity contribution in [2.45, 2.75) is 30.3 Å². The molecule has 3 aliphatic heterocycles. The molecule has 2 atom stereocenters. The molecule has 1 amide bonds. The average molecular weight is 334 g/mol. The van der Waals surface area contributed by atoms with Gasteiger partial charge in [0.25, 0.3) is 0 Å². The van der Waals surface area contributed by atoms with Crippen molar-refractivity contribution >= 4 is 17.7 Å². The van der Waals surface area contributed by atoms with Crippen molar-refractivity contribution in [3.05, 3.63) is 30.1 Å². The number of carbonyl (C=O) groups is 1. The molecule has 4 rings (SSSR count). The van der Waals surface area contributed by atoms with Gasteiger partial charge in [-0.2, -0.15) is 0 Å². The minimum Gasteiger partial charge on any atom is -0.381 e. The summed E-state index contributed by atoms with van der Waals surface area (Å²) >= 11 is 1.97. The highest BCUT2D eigenvalue weighted by molar-refractivity contribution is 8.01. The van der Waals surface area contributed by atoms with Gasteiger partial charge >= 0.3 is 0 Å². The number of aromatic nitrogens is 1. The molecule has 3 saturated heterocycles. The maximum Gasteiger partial charge on any atom is 0.228 e. The van der Waals surface area contributed by atoms with E-state index in [0.717, 1.165) is 43.9 Å². The van der Waals surface area contributed by atoms with Gasteiger partial charge < -0.3 is 14.4 Å². The number of pyridine rings is 1. The Bertz CT molecular complexity index is 556. The van der Waals surface area contributed by atoms with Crippen molar-refractivity contribution in [3.63, 3.8) is 0 Å². The monoisotopic (exact) mass is 334 g/mol. The molecular weight excluding hydrogens is 312 g/mol. The normalized spacial score (nSPS) is 29.0. The first-order valence-corrected chi connectivity index (χ1v) is 9.24. The van der Waals surface area contributed by atoms with Crippen molar-refractivity contribution in [2.75, 3.05) is 32.1 Å². The standard InChI is InChI=1S/C17H22N2O3S/c20-16(14-3-5-21-9-14)19-11-17(12-19)6-15(10-23-17)22-8-13-2-1-4-18-7-13/h1-2,4,7,14-15H,3,5-6,8-12H2. The molecule has 3 fully saturated rings. The number of nitrogens with zero attached hydrogens (tertiary/aromatic N) is 2. The molecule has 0 aromatic carbocycles. The zero-order valence-corrected chi connectivity index (χ0v) is 14.0. The van der Waals surface area contributed by atoms with E-state index in [2.05, 4.69) is 4.98 Å². The number of hydrogen-bond donors (Lipinski definition) is 0. The van der Waals surface area contributed by atoms with Gasteiger partial charge in [-0.25, -0.2) is 0 Å². The summed E-state index contributed by atoms with van der Waals surface area (Å²) in [5, 5.41) is 0. The molecule has 4 heterocycles. The summed E-state index contributed by atoms with van der Waals surface area (Å²) in [6, 6.07) is 3.98. The summed E-state index contributed by atoms with van der Waals surface area (Å²) in [5.74, 6) is 1.40. The highest BCUT2D eigenvalue weighted by Crippen LogP contribution is 2.46. The van der Waals surface area contributed by atoms with Gasteiger partial charge in [-0.15, -0.1) is 11.8 Å². The fourth-order valence-corrected chi connectivity index (χ4v) is 5.17. The Kier molecular flexibility index (Phi) is 4.30. The fourth-order valence-electron chi connectivity index (χ4n) is 3.62. The van der Waals surface area contributed by atoms with E-state index in [-0.39, 0.29) is 22.7 Å². The lowest BCUT2D eigenvalue weighted by Crippen LogP contribution is -2.62. The van der Waals surface area contributed by atoms with Gasteiger partial charge in [-0.1, -0.05) is 6.07 Å². The van der Waals surface area contributed by atoms with Crippen molar-refractivity contribution < 1.29 is 14.3 Å². The Labute approximate surface area is 140 Å². The van der Waals surface area contributed by atoms with Gasteiger partial charge in [0.2, 0.25) is 5.91 Å². The Morgan fingerprint density at radius 1 is 1.52 bits per heavy atom. The summed E-state index contributed by atoms with van der Waals surface area (Å²) in [5.41, 5.74) is 1.12. The van der Waals surface area contributed by atoms with Gasteiger partial charge in [0.1, 0.15) is 0 Å². The van der Waals surface area contributed by atoms with Gasteiger partial charge in [0.15, 0.2) is 0 Å². The molecule has 6 heteroatoms. The third-order valence-corrected chi connectivity index (χ3v) is 6.51. The van der Waals surface area contributed by atoms with Crippen molar-refractivity contribution in [1.29, 1.82) is 0 Å². The van der Waals surface area contributed by atoms with Crippen LogP contribution in [0.5, 0.6) is 0 Å². The van der Waals surface area contributed by atoms with Crippen LogP contribution in [0.2, 0.25) is 0 Å². The smallest absolute Gasteiger partial charge is 0.228 e. The highest BCUT2D eigenvalue weighted by Gasteiger charge is 2.51. The Morgan fingerprint density at radius 3 is 3.17 bits per heavy atom. The minimum atomic E-state index is 0.0939. The third kappa shape index (κ3) is 3.25. The molecule has 0 radical (unpaired) electrons. The van der Waals surface area contributed by atoms with Gasteiger partial charge in [-0.05, 0) is 24.5 Å². The molecule has 124 valence electrons. The van der Waals surface area contributed by atoms with Crippen molar-refractivity contribution in [2.24, 2.45) is 5.92 Å². The molecule has 23 heavy (non-hydrogen) atoms. The lowest BCUT2D eigenvalue weighted by Gasteiger charge is -2.48. The number of thioether (sulfide) groups is 1. The van der Waals surface area contributed by atoms with Crippen LogP contribution >= 0.6 is 11.8 Å². The molecule has 2 unspecified atom stereocenters. The number of likely N-dealkylation sites (tertiary alicyclic amines) is 1. The topological polar surface area (TPSA) is 51.7 Å². The second kappa shape index (κ2) is 6.42. The number of amides is 1. The summed E-state index contributed by atoms with van der Waals surface area (Å²) in [7, 11) is 0. The molecule has 5 nitrogen and oxygen atoms in total. The fraction of sp³-hybridized carbons (Fsp3) is 0.647. The van der Waals surface area contributed by atoms with Crippen LogP contribution in [0.4, 0.5) is 0 Å². The largest absolute Gasteiger partial charge is 0.381 e. The van der Waals surface area contributed by atoms with E-state index in [9.17, 15) is 4.79 Å². The Morgan fingerprint density at radius 2 is 2.43 bits per heavy atom. The van der Waals surface area contributed by atoms with Crippen molar-refractivity contribution in [1.82, 2.24) is 9.88 Å². The SMILES string of the molecule is O=C(C1CCOC1)N1CC2(CC(OCc3cccnc3)CS2)C1. The molecule has 0 N–H and O–H groups in total. The third-order valence-electron chi connectivity index (χ3n) is 4.93. The Hall–Kier alpha value is -1.11. The van der Waals surface area contributed by atoms with Gasteiger partial charge in [0, 0.05) is 37.8 Å². The molecule has 1 spiro atoms. The van der Waals surface area contributed by atoms with Crippen LogP contribution in [0.1, 0.15) is 18.4 Å². The number of hydrogen-bond acceptors (Lipinski definition) is 5. The predicted octanol–water partition coefficient (Wildman–Crippen LogP) is 1.72. The summed E-state index contributed by atoms with van der Waals surface area (Å²) in [6.07, 6.45) is 5.84. The lowest BCUT2D eigenvalue weighted by atomic mass is 9.91. The first-order valence-electron chi connectivity index (χ1n) is 8.25. The predicted molar refractivity (Wildman–Crippen MR) is 88.1 cm³/mol. The van der Waals surface area contributed by atoms with Crippen LogP contribution < -0.4 is 0 Å². The molecular formula is C17H22N2O3S. The van der Waals surface area contributed by atoms with Crippen LogP contribution in [-0.4, -0.2) is 58.7 Å². The zero-order chi connectivity index (χ0) is 15.7. The first-order chi connectivity index (χ1) is 11.2. The van der Waals surface area contributed by atoms with Crippen LogP contribution in [0.15, 0.2) is 24.5 Å². The maximum absolute atomic E-state index is 12.4. The van der Waals surface area contributed by atoms with E-state index >= 15 is 0 Å². The first kappa shape index (κ1) is 15.4. The number of carbonyl (C=O) groups excluding carboxylic acids is 1. The van der Waals surface area contributed by atoms with Crippen LogP contribution in [0.25, 0.3) is 0 Å². The minimum absolute atomic E-state index is 0.0939. The molecule has 0 aliphatic carbocycles. The van der Waals surface area contributed by atoms with E-state index < -0.39 is 0 Å². The lowest BCUT2D eigenvalue weighted by molar-refractivity contribution is -0.141. The summed E-state index contributed by atoms with van der Waals surface area (Å²) < 4.78 is 11.6. The van der Waals surface area contributed by atoms with E-state index in [1.54, 1.807) is 6.20 Å². The van der Waals surface area contributed by atoms with Gasteiger partial charge in [0.05, 0.1) is 30.0 Å². The highest BCUT2D eigenvalue weighted by atomic mass is 32.2. The maximum atomic E-state index is 12.4. The summed E-state index contributed by atoms with van der Waals surface area (Å²) in [4.78, 5) is 18.5. The van der Waals surface area contributed by atoms with E-state index in [0.29, 0.717) is 13.2 Å². The average Bonchev–Trinajstić information content (AvgIpc) is 3.22. The van der Waals surface area contributed by atoms with Crippen LogP contribution in [-0.2, 0) is 20.9 Å². The van der Waals surface area contributed by atoms with E-state index in [1.807, 2.05) is 35.0 Å². The van der Waals surface area contributed by atoms with Crippen LogP contribution in [0.3, 0.4) is 0 Å². The quantitative estimate of drug-likeness (QED) is 0.839. The second-order valence-corrected chi connectivity index (χ2v) is 8.24. The Balaban J connectivity index is 1.24. The van der Waals surface area contributed by atoms with E-state index in [4.69, 9.17) is 9.47 Å². The molecule has 1 aromatic heterocycles. The summed E-state index contributed by atoms with van der Waals surface area (Å²) in [6.45, 7) is 3.71. The number of rotatable bonds is 4. The van der Waals surface area contributed by atoms with Gasteiger partial charge in [-0.3, -0.25) is 9.78 Å². The molecule has 0 saturated carbocycles. The zero-order valence-electron chi connectivity index (χ0n) is 13.1.